The van der Waals surface area contributed by atoms with E-state index in [2.05, 4.69) is 14.2 Å². The molecule has 14 heavy (non-hydrogen) atoms. The zero-order valence-corrected chi connectivity index (χ0v) is 8.23. The number of rotatable bonds is 4. The molecule has 0 radical (unpaired) electrons. The Bertz CT molecular complexity index is 218. The lowest BCUT2D eigenvalue weighted by atomic mass is 10.4. The van der Waals surface area contributed by atoms with Gasteiger partial charge in [-0.1, -0.05) is 0 Å². The number of esters is 3. The Morgan fingerprint density at radius 3 is 1.79 bits per heavy atom. The lowest BCUT2D eigenvalue weighted by Crippen LogP contribution is -2.25. The molecule has 0 unspecified atom stereocenters. The fourth-order valence-electron chi connectivity index (χ4n) is 0.697. The van der Waals surface area contributed by atoms with Crippen molar-refractivity contribution >= 4 is 17.9 Å². The van der Waals surface area contributed by atoms with E-state index in [1.807, 2.05) is 0 Å². The number of carbonyl (C=O) groups excluding carboxylic acids is 3. The van der Waals surface area contributed by atoms with Crippen molar-refractivity contribution in [2.24, 2.45) is 0 Å². The highest BCUT2D eigenvalue weighted by Gasteiger charge is 2.19. The van der Waals surface area contributed by atoms with E-state index >= 15 is 0 Å². The normalized spacial score (nSPS) is 9.43. The van der Waals surface area contributed by atoms with Crippen molar-refractivity contribution in [2.75, 3.05) is 7.11 Å². The van der Waals surface area contributed by atoms with Crippen LogP contribution in [-0.4, -0.2) is 31.3 Å². The van der Waals surface area contributed by atoms with Crippen LogP contribution in [0.1, 0.15) is 20.3 Å². The predicted octanol–water partition coefficient (Wildman–Crippen LogP) is 0.00180. The van der Waals surface area contributed by atoms with Gasteiger partial charge in [-0.2, -0.15) is 0 Å². The molecule has 0 saturated carbocycles. The molecule has 0 fully saturated rings. The van der Waals surface area contributed by atoms with Crippen LogP contribution in [0.25, 0.3) is 0 Å². The molecule has 6 nitrogen and oxygen atoms in total. The maximum atomic E-state index is 10.8. The van der Waals surface area contributed by atoms with Gasteiger partial charge in [0.2, 0.25) is 0 Å². The molecule has 0 spiro atoms. The quantitative estimate of drug-likeness (QED) is 0.473. The first kappa shape index (κ1) is 12.4. The minimum absolute atomic E-state index is 0.310. The standard InChI is InChI=1S/C8H12O6/c1-5(9)13-8(14-6(2)10)4-7(11)12-3/h8H,4H2,1-3H3. The lowest BCUT2D eigenvalue weighted by molar-refractivity contribution is -0.188. The van der Waals surface area contributed by atoms with Crippen molar-refractivity contribution < 1.29 is 28.6 Å². The van der Waals surface area contributed by atoms with Gasteiger partial charge >= 0.3 is 17.9 Å². The molecule has 0 N–H and O–H groups in total. The van der Waals surface area contributed by atoms with Gasteiger partial charge < -0.3 is 14.2 Å². The van der Waals surface area contributed by atoms with Gasteiger partial charge in [-0.3, -0.25) is 14.4 Å². The van der Waals surface area contributed by atoms with Crippen LogP contribution >= 0.6 is 0 Å². The second-order valence-electron chi connectivity index (χ2n) is 2.43. The van der Waals surface area contributed by atoms with E-state index < -0.39 is 24.2 Å². The predicted molar refractivity (Wildman–Crippen MR) is 44.0 cm³/mol. The Hall–Kier alpha value is -1.59. The molecule has 0 saturated heterocycles. The largest absolute Gasteiger partial charge is 0.469 e. The van der Waals surface area contributed by atoms with Crippen LogP contribution in [0.3, 0.4) is 0 Å². The van der Waals surface area contributed by atoms with E-state index in [1.165, 1.54) is 7.11 Å². The van der Waals surface area contributed by atoms with E-state index in [9.17, 15) is 14.4 Å². The average molecular weight is 204 g/mol. The monoisotopic (exact) mass is 204 g/mol. The van der Waals surface area contributed by atoms with Crippen molar-refractivity contribution in [3.63, 3.8) is 0 Å². The van der Waals surface area contributed by atoms with Gasteiger partial charge in [-0.05, 0) is 0 Å². The van der Waals surface area contributed by atoms with Gasteiger partial charge in [0.25, 0.3) is 6.29 Å². The molecule has 0 atom stereocenters. The van der Waals surface area contributed by atoms with Crippen LogP contribution in [0.4, 0.5) is 0 Å². The average Bonchev–Trinajstić information content (AvgIpc) is 2.01. The molecule has 0 aliphatic heterocycles. The summed E-state index contributed by atoms with van der Waals surface area (Å²) in [6, 6.07) is 0. The Kier molecular flexibility index (Phi) is 5.28. The first-order valence-corrected chi connectivity index (χ1v) is 3.87. The lowest BCUT2D eigenvalue weighted by Gasteiger charge is -2.14. The summed E-state index contributed by atoms with van der Waals surface area (Å²) in [4.78, 5) is 31.9. The van der Waals surface area contributed by atoms with Gasteiger partial charge in [0.15, 0.2) is 0 Å². The zero-order chi connectivity index (χ0) is 11.1. The molecule has 0 aliphatic carbocycles. The third-order valence-corrected chi connectivity index (χ3v) is 1.16. The SMILES string of the molecule is COC(=O)CC(OC(C)=O)OC(C)=O. The Balaban J connectivity index is 4.16. The van der Waals surface area contributed by atoms with Crippen LogP contribution in [0.15, 0.2) is 0 Å². The highest BCUT2D eigenvalue weighted by molar-refractivity contribution is 5.72. The minimum atomic E-state index is -1.21. The summed E-state index contributed by atoms with van der Waals surface area (Å²) in [6.45, 7) is 2.29. The smallest absolute Gasteiger partial charge is 0.313 e. The highest BCUT2D eigenvalue weighted by atomic mass is 16.7. The molecular weight excluding hydrogens is 192 g/mol. The molecule has 0 rings (SSSR count). The summed E-state index contributed by atoms with van der Waals surface area (Å²) in [5.74, 6) is -1.90. The van der Waals surface area contributed by atoms with Gasteiger partial charge in [0.05, 0.1) is 7.11 Å². The van der Waals surface area contributed by atoms with Gasteiger partial charge in [-0.15, -0.1) is 0 Å². The summed E-state index contributed by atoms with van der Waals surface area (Å²) >= 11 is 0. The maximum absolute atomic E-state index is 10.8. The summed E-state index contributed by atoms with van der Waals surface area (Å²) in [5, 5.41) is 0. The van der Waals surface area contributed by atoms with Gasteiger partial charge in [-0.25, -0.2) is 0 Å². The third-order valence-electron chi connectivity index (χ3n) is 1.16. The van der Waals surface area contributed by atoms with Crippen molar-refractivity contribution in [1.29, 1.82) is 0 Å². The van der Waals surface area contributed by atoms with Crippen molar-refractivity contribution in [3.05, 3.63) is 0 Å². The van der Waals surface area contributed by atoms with Crippen molar-refractivity contribution in [2.45, 2.75) is 26.6 Å². The van der Waals surface area contributed by atoms with Crippen LogP contribution in [-0.2, 0) is 28.6 Å². The topological polar surface area (TPSA) is 78.9 Å². The Labute approximate surface area is 81.1 Å². The fourth-order valence-corrected chi connectivity index (χ4v) is 0.697. The maximum Gasteiger partial charge on any atom is 0.313 e. The minimum Gasteiger partial charge on any atom is -0.469 e. The fraction of sp³-hybridized carbons (Fsp3) is 0.625. The van der Waals surface area contributed by atoms with Gasteiger partial charge in [0.1, 0.15) is 6.42 Å². The van der Waals surface area contributed by atoms with E-state index in [4.69, 9.17) is 0 Å². The first-order chi connectivity index (χ1) is 6.45. The molecule has 0 heterocycles. The number of hydrogen-bond donors (Lipinski definition) is 0. The van der Waals surface area contributed by atoms with Crippen LogP contribution in [0.2, 0.25) is 0 Å². The highest BCUT2D eigenvalue weighted by Crippen LogP contribution is 2.03. The summed E-state index contributed by atoms with van der Waals surface area (Å²) in [6.07, 6.45) is -1.52. The molecule has 80 valence electrons. The van der Waals surface area contributed by atoms with E-state index in [-0.39, 0.29) is 6.42 Å². The second-order valence-corrected chi connectivity index (χ2v) is 2.43. The van der Waals surface area contributed by atoms with Crippen LogP contribution in [0, 0.1) is 0 Å². The number of ether oxygens (including phenoxy) is 3. The van der Waals surface area contributed by atoms with Crippen molar-refractivity contribution in [1.82, 2.24) is 0 Å². The second kappa shape index (κ2) is 5.95. The Morgan fingerprint density at radius 1 is 1.07 bits per heavy atom. The molecule has 0 aromatic rings. The van der Waals surface area contributed by atoms with Crippen molar-refractivity contribution in [3.8, 4) is 0 Å². The van der Waals surface area contributed by atoms with E-state index in [0.717, 1.165) is 13.8 Å². The molecule has 0 aliphatic rings. The number of carbonyl (C=O) groups is 3. The third kappa shape index (κ3) is 5.99. The van der Waals surface area contributed by atoms with E-state index in [0.29, 0.717) is 0 Å². The molecule has 6 heteroatoms. The van der Waals surface area contributed by atoms with Gasteiger partial charge in [0, 0.05) is 13.8 Å². The summed E-state index contributed by atoms with van der Waals surface area (Å²) in [5.41, 5.74) is 0. The summed E-state index contributed by atoms with van der Waals surface area (Å²) in [7, 11) is 1.18. The molecule has 0 aromatic carbocycles. The van der Waals surface area contributed by atoms with Crippen LogP contribution < -0.4 is 0 Å². The molecule has 0 bridgehead atoms. The zero-order valence-electron chi connectivity index (χ0n) is 8.23. The number of hydrogen-bond acceptors (Lipinski definition) is 6. The summed E-state index contributed by atoms with van der Waals surface area (Å²) < 4.78 is 13.4. The Morgan fingerprint density at radius 2 is 1.50 bits per heavy atom. The van der Waals surface area contributed by atoms with E-state index in [1.54, 1.807) is 0 Å². The number of methoxy groups -OCH3 is 1. The van der Waals surface area contributed by atoms with Crippen LogP contribution in [0.5, 0.6) is 0 Å². The molecular formula is C8H12O6. The molecule has 0 aromatic heterocycles. The molecule has 0 amide bonds. The first-order valence-electron chi connectivity index (χ1n) is 3.87.